The molecule has 1 rings (SSSR count). The van der Waals surface area contributed by atoms with Gasteiger partial charge in [-0.2, -0.15) is 0 Å². The fourth-order valence-corrected chi connectivity index (χ4v) is 1.39. The van der Waals surface area contributed by atoms with E-state index in [-0.39, 0.29) is 5.91 Å². The Balaban J connectivity index is 2.83. The average molecular weight is 206 g/mol. The minimum Gasteiger partial charge on any atom is -0.325 e. The molecule has 0 spiro atoms. The van der Waals surface area contributed by atoms with E-state index in [0.717, 1.165) is 12.1 Å². The number of benzene rings is 1. The van der Waals surface area contributed by atoms with Gasteiger partial charge in [0.05, 0.1) is 6.04 Å². The van der Waals surface area contributed by atoms with Crippen LogP contribution in [0.5, 0.6) is 0 Å². The number of hydrogen-bond acceptors (Lipinski definition) is 2. The number of rotatable bonds is 3. The molecule has 1 aromatic carbocycles. The fourth-order valence-electron chi connectivity index (χ4n) is 1.39. The summed E-state index contributed by atoms with van der Waals surface area (Å²) in [7, 11) is 0. The van der Waals surface area contributed by atoms with Crippen molar-refractivity contribution in [2.45, 2.75) is 33.2 Å². The Hall–Kier alpha value is -1.35. The summed E-state index contributed by atoms with van der Waals surface area (Å²) in [5.41, 5.74) is 8.79. The summed E-state index contributed by atoms with van der Waals surface area (Å²) in [6, 6.07) is 5.43. The van der Waals surface area contributed by atoms with E-state index in [4.69, 9.17) is 5.73 Å². The first-order valence-corrected chi connectivity index (χ1v) is 5.20. The van der Waals surface area contributed by atoms with E-state index in [9.17, 15) is 4.79 Å². The molecule has 1 amide bonds. The van der Waals surface area contributed by atoms with Gasteiger partial charge in [0.25, 0.3) is 0 Å². The van der Waals surface area contributed by atoms with Crippen molar-refractivity contribution in [3.63, 3.8) is 0 Å². The van der Waals surface area contributed by atoms with Gasteiger partial charge < -0.3 is 11.1 Å². The standard InChI is InChI=1S/C12H18N2O/c1-4-10-7-11(6-5-8(10)2)14-12(15)9(3)13/h5-7,9H,4,13H2,1-3H3,(H,14,15). The number of carbonyl (C=O) groups is 1. The fraction of sp³-hybridized carbons (Fsp3) is 0.417. The SMILES string of the molecule is CCc1cc(NC(=O)C(C)N)ccc1C. The molecule has 0 heterocycles. The topological polar surface area (TPSA) is 55.1 Å². The van der Waals surface area contributed by atoms with Crippen LogP contribution in [-0.4, -0.2) is 11.9 Å². The summed E-state index contributed by atoms with van der Waals surface area (Å²) in [6.45, 7) is 5.83. The first kappa shape index (κ1) is 11.7. The highest BCUT2D eigenvalue weighted by Crippen LogP contribution is 2.15. The highest BCUT2D eigenvalue weighted by Gasteiger charge is 2.07. The van der Waals surface area contributed by atoms with Crippen molar-refractivity contribution in [1.29, 1.82) is 0 Å². The van der Waals surface area contributed by atoms with Crippen LogP contribution in [0, 0.1) is 6.92 Å². The largest absolute Gasteiger partial charge is 0.325 e. The van der Waals surface area contributed by atoms with Gasteiger partial charge >= 0.3 is 0 Å². The van der Waals surface area contributed by atoms with E-state index < -0.39 is 6.04 Å². The number of nitrogens with two attached hydrogens (primary N) is 1. The molecule has 0 aliphatic heterocycles. The number of amides is 1. The molecule has 0 aliphatic carbocycles. The van der Waals surface area contributed by atoms with Gasteiger partial charge in [-0.25, -0.2) is 0 Å². The van der Waals surface area contributed by atoms with Gasteiger partial charge in [-0.15, -0.1) is 0 Å². The molecule has 1 unspecified atom stereocenters. The summed E-state index contributed by atoms with van der Waals surface area (Å²) < 4.78 is 0. The zero-order chi connectivity index (χ0) is 11.4. The Labute approximate surface area is 90.7 Å². The molecule has 3 nitrogen and oxygen atoms in total. The monoisotopic (exact) mass is 206 g/mol. The van der Waals surface area contributed by atoms with Crippen molar-refractivity contribution in [1.82, 2.24) is 0 Å². The Bertz CT molecular complexity index is 359. The van der Waals surface area contributed by atoms with Crippen LogP contribution in [0.15, 0.2) is 18.2 Å². The molecule has 0 fully saturated rings. The van der Waals surface area contributed by atoms with Crippen molar-refractivity contribution in [3.8, 4) is 0 Å². The Morgan fingerprint density at radius 3 is 2.73 bits per heavy atom. The van der Waals surface area contributed by atoms with Crippen LogP contribution in [0.2, 0.25) is 0 Å². The van der Waals surface area contributed by atoms with E-state index >= 15 is 0 Å². The molecule has 0 saturated heterocycles. The average Bonchev–Trinajstić information content (AvgIpc) is 2.20. The zero-order valence-electron chi connectivity index (χ0n) is 9.50. The number of anilines is 1. The lowest BCUT2D eigenvalue weighted by Crippen LogP contribution is -2.32. The van der Waals surface area contributed by atoms with Crippen LogP contribution in [0.25, 0.3) is 0 Å². The molecule has 0 saturated carbocycles. The Morgan fingerprint density at radius 1 is 1.53 bits per heavy atom. The van der Waals surface area contributed by atoms with Crippen LogP contribution < -0.4 is 11.1 Å². The predicted molar refractivity (Wildman–Crippen MR) is 62.8 cm³/mol. The lowest BCUT2D eigenvalue weighted by Gasteiger charge is -2.10. The second-order valence-corrected chi connectivity index (χ2v) is 3.77. The maximum absolute atomic E-state index is 11.4. The van der Waals surface area contributed by atoms with Gasteiger partial charge in [0.1, 0.15) is 0 Å². The second kappa shape index (κ2) is 4.94. The normalized spacial score (nSPS) is 12.3. The van der Waals surface area contributed by atoms with E-state index in [2.05, 4.69) is 19.2 Å². The molecule has 1 aromatic rings. The molecule has 0 aromatic heterocycles. The smallest absolute Gasteiger partial charge is 0.240 e. The molecule has 82 valence electrons. The van der Waals surface area contributed by atoms with Crippen molar-refractivity contribution in [3.05, 3.63) is 29.3 Å². The van der Waals surface area contributed by atoms with Gasteiger partial charge in [0, 0.05) is 5.69 Å². The van der Waals surface area contributed by atoms with Crippen LogP contribution in [-0.2, 0) is 11.2 Å². The van der Waals surface area contributed by atoms with Gasteiger partial charge in [0.2, 0.25) is 5.91 Å². The molecular weight excluding hydrogens is 188 g/mol. The number of aryl methyl sites for hydroxylation is 2. The van der Waals surface area contributed by atoms with Gasteiger partial charge in [-0.3, -0.25) is 4.79 Å². The van der Waals surface area contributed by atoms with Crippen molar-refractivity contribution in [2.75, 3.05) is 5.32 Å². The van der Waals surface area contributed by atoms with Crippen LogP contribution >= 0.6 is 0 Å². The van der Waals surface area contributed by atoms with Gasteiger partial charge in [-0.05, 0) is 43.5 Å². The summed E-state index contributed by atoms with van der Waals surface area (Å²) in [4.78, 5) is 11.4. The summed E-state index contributed by atoms with van der Waals surface area (Å²) in [5.74, 6) is -0.152. The van der Waals surface area contributed by atoms with Crippen molar-refractivity contribution in [2.24, 2.45) is 5.73 Å². The highest BCUT2D eigenvalue weighted by atomic mass is 16.2. The van der Waals surface area contributed by atoms with E-state index in [1.54, 1.807) is 6.92 Å². The number of hydrogen-bond donors (Lipinski definition) is 2. The molecular formula is C12H18N2O. The molecule has 3 N–H and O–H groups in total. The maximum atomic E-state index is 11.4. The summed E-state index contributed by atoms with van der Waals surface area (Å²) in [5, 5.41) is 2.78. The minimum atomic E-state index is -0.476. The molecule has 3 heteroatoms. The lowest BCUT2D eigenvalue weighted by molar-refractivity contribution is -0.117. The third-order valence-corrected chi connectivity index (χ3v) is 2.41. The van der Waals surface area contributed by atoms with E-state index in [1.807, 2.05) is 18.2 Å². The lowest BCUT2D eigenvalue weighted by atomic mass is 10.1. The minimum absolute atomic E-state index is 0.152. The van der Waals surface area contributed by atoms with E-state index in [1.165, 1.54) is 11.1 Å². The Morgan fingerprint density at radius 2 is 2.20 bits per heavy atom. The van der Waals surface area contributed by atoms with Gasteiger partial charge in [0.15, 0.2) is 0 Å². The van der Waals surface area contributed by atoms with Crippen LogP contribution in [0.4, 0.5) is 5.69 Å². The first-order chi connectivity index (χ1) is 7.04. The zero-order valence-corrected chi connectivity index (χ0v) is 9.50. The quantitative estimate of drug-likeness (QED) is 0.793. The summed E-state index contributed by atoms with van der Waals surface area (Å²) >= 11 is 0. The Kier molecular flexibility index (Phi) is 3.86. The third-order valence-electron chi connectivity index (χ3n) is 2.41. The highest BCUT2D eigenvalue weighted by molar-refractivity contribution is 5.94. The molecule has 0 radical (unpaired) electrons. The van der Waals surface area contributed by atoms with Crippen LogP contribution in [0.3, 0.4) is 0 Å². The molecule has 0 aliphatic rings. The second-order valence-electron chi connectivity index (χ2n) is 3.77. The van der Waals surface area contributed by atoms with Crippen molar-refractivity contribution < 1.29 is 4.79 Å². The molecule has 0 bridgehead atoms. The number of nitrogens with one attached hydrogen (secondary N) is 1. The third kappa shape index (κ3) is 3.06. The predicted octanol–water partition coefficient (Wildman–Crippen LogP) is 1.84. The van der Waals surface area contributed by atoms with Crippen LogP contribution in [0.1, 0.15) is 25.0 Å². The molecule has 1 atom stereocenters. The van der Waals surface area contributed by atoms with E-state index in [0.29, 0.717) is 0 Å². The summed E-state index contributed by atoms with van der Waals surface area (Å²) in [6.07, 6.45) is 0.966. The number of carbonyl (C=O) groups excluding carboxylic acids is 1. The maximum Gasteiger partial charge on any atom is 0.240 e. The van der Waals surface area contributed by atoms with Crippen molar-refractivity contribution >= 4 is 11.6 Å². The first-order valence-electron chi connectivity index (χ1n) is 5.20. The van der Waals surface area contributed by atoms with Gasteiger partial charge in [-0.1, -0.05) is 13.0 Å². The molecule has 15 heavy (non-hydrogen) atoms.